The number of carbonyl (C=O) groups excluding carboxylic acids is 1. The highest BCUT2D eigenvalue weighted by atomic mass is 79.9. The molecule has 30 heavy (non-hydrogen) atoms. The summed E-state index contributed by atoms with van der Waals surface area (Å²) in [4.78, 5) is 17.1. The van der Waals surface area contributed by atoms with E-state index in [9.17, 15) is 9.90 Å². The predicted octanol–water partition coefficient (Wildman–Crippen LogP) is 5.57. The van der Waals surface area contributed by atoms with E-state index in [1.165, 1.54) is 18.7 Å². The first-order valence-corrected chi connectivity index (χ1v) is 11.3. The largest absolute Gasteiger partial charge is 0.507 e. The van der Waals surface area contributed by atoms with Crippen LogP contribution in [-0.2, 0) is 10.5 Å². The first kappa shape index (κ1) is 21.0. The van der Waals surface area contributed by atoms with Gasteiger partial charge in [-0.15, -0.1) is 5.10 Å². The number of nitrogens with one attached hydrogen (secondary N) is 1. The van der Waals surface area contributed by atoms with Crippen LogP contribution in [0.25, 0.3) is 0 Å². The Morgan fingerprint density at radius 2 is 2.10 bits per heavy atom. The van der Waals surface area contributed by atoms with Gasteiger partial charge in [0.25, 0.3) is 0 Å². The van der Waals surface area contributed by atoms with Gasteiger partial charge in [-0.3, -0.25) is 4.79 Å². The van der Waals surface area contributed by atoms with Gasteiger partial charge in [0.05, 0.1) is 4.47 Å². The molecule has 1 aromatic heterocycles. The number of nitrogens with zero attached hydrogens (tertiary/aromatic N) is 3. The molecule has 0 fully saturated rings. The SMILES string of the molecule is CC(=O)C1=C(C)Nc2nc(SCc3ccccc3Cl)nn2C1c1ccc(Br)c(O)c1. The second kappa shape index (κ2) is 8.45. The van der Waals surface area contributed by atoms with E-state index < -0.39 is 6.04 Å². The quantitative estimate of drug-likeness (QED) is 0.441. The molecule has 9 heteroatoms. The molecule has 2 heterocycles. The molecular weight excluding hydrogens is 488 g/mol. The van der Waals surface area contributed by atoms with Gasteiger partial charge < -0.3 is 10.4 Å². The number of rotatable bonds is 5. The third kappa shape index (κ3) is 3.99. The van der Waals surface area contributed by atoms with Gasteiger partial charge in [-0.1, -0.05) is 47.6 Å². The van der Waals surface area contributed by atoms with Crippen LogP contribution in [0.4, 0.5) is 5.95 Å². The minimum atomic E-state index is -0.486. The first-order valence-electron chi connectivity index (χ1n) is 9.15. The molecule has 2 aromatic carbocycles. The highest BCUT2D eigenvalue weighted by Crippen LogP contribution is 2.39. The van der Waals surface area contributed by atoms with Crippen LogP contribution in [0, 0.1) is 0 Å². The summed E-state index contributed by atoms with van der Waals surface area (Å²) in [6.45, 7) is 3.37. The summed E-state index contributed by atoms with van der Waals surface area (Å²) in [5, 5.41) is 19.3. The second-order valence-corrected chi connectivity index (χ2v) is 9.08. The maximum atomic E-state index is 12.5. The lowest BCUT2D eigenvalue weighted by molar-refractivity contribution is -0.114. The van der Waals surface area contributed by atoms with E-state index in [-0.39, 0.29) is 11.5 Å². The lowest BCUT2D eigenvalue weighted by Crippen LogP contribution is -2.27. The number of hydrogen-bond acceptors (Lipinski definition) is 6. The van der Waals surface area contributed by atoms with E-state index in [4.69, 9.17) is 11.6 Å². The molecule has 1 atom stereocenters. The van der Waals surface area contributed by atoms with E-state index in [2.05, 4.69) is 31.3 Å². The number of aromatic hydroxyl groups is 1. The summed E-state index contributed by atoms with van der Waals surface area (Å²) < 4.78 is 2.28. The number of phenolic OH excluding ortho intramolecular Hbond substituents is 1. The highest BCUT2D eigenvalue weighted by Gasteiger charge is 2.33. The van der Waals surface area contributed by atoms with Crippen LogP contribution in [-0.4, -0.2) is 25.7 Å². The van der Waals surface area contributed by atoms with Gasteiger partial charge in [0.2, 0.25) is 11.1 Å². The number of benzene rings is 2. The maximum Gasteiger partial charge on any atom is 0.227 e. The van der Waals surface area contributed by atoms with E-state index in [1.807, 2.05) is 37.3 Å². The zero-order chi connectivity index (χ0) is 21.4. The van der Waals surface area contributed by atoms with Crippen molar-refractivity contribution in [1.82, 2.24) is 14.8 Å². The molecule has 0 aliphatic carbocycles. The first-order chi connectivity index (χ1) is 14.3. The van der Waals surface area contributed by atoms with Crippen LogP contribution >= 0.6 is 39.3 Å². The van der Waals surface area contributed by atoms with E-state index in [0.29, 0.717) is 31.9 Å². The number of ketones is 1. The fourth-order valence-electron chi connectivity index (χ4n) is 3.41. The minimum absolute atomic E-state index is 0.0705. The lowest BCUT2D eigenvalue weighted by Gasteiger charge is -2.28. The topological polar surface area (TPSA) is 80.0 Å². The smallest absolute Gasteiger partial charge is 0.227 e. The highest BCUT2D eigenvalue weighted by molar-refractivity contribution is 9.10. The predicted molar refractivity (Wildman–Crippen MR) is 122 cm³/mol. The Morgan fingerprint density at radius 1 is 1.33 bits per heavy atom. The Kier molecular flexibility index (Phi) is 5.90. The molecule has 0 spiro atoms. The molecule has 2 N–H and O–H groups in total. The standard InChI is InChI=1S/C21H18BrClN4O2S/c1-11-18(12(2)28)19(13-7-8-15(22)17(29)9-13)27-20(24-11)25-21(26-27)30-10-14-5-3-4-6-16(14)23/h3-9,19,29H,10H2,1-2H3,(H,24,25,26). The normalized spacial score (nSPS) is 15.7. The Morgan fingerprint density at radius 3 is 2.80 bits per heavy atom. The molecule has 1 aliphatic heterocycles. The molecule has 0 saturated heterocycles. The lowest BCUT2D eigenvalue weighted by atomic mass is 9.93. The van der Waals surface area contributed by atoms with Gasteiger partial charge in [0, 0.05) is 22.0 Å². The third-order valence-electron chi connectivity index (χ3n) is 4.81. The van der Waals surface area contributed by atoms with Crippen LogP contribution in [0.5, 0.6) is 5.75 Å². The van der Waals surface area contributed by atoms with Crippen molar-refractivity contribution in [2.75, 3.05) is 5.32 Å². The number of carbonyl (C=O) groups is 1. The van der Waals surface area contributed by atoms with Gasteiger partial charge >= 0.3 is 0 Å². The Hall–Kier alpha value is -2.29. The second-order valence-electron chi connectivity index (χ2n) is 6.88. The van der Waals surface area contributed by atoms with Crippen LogP contribution in [0.2, 0.25) is 5.02 Å². The molecule has 154 valence electrons. The molecule has 4 rings (SSSR count). The van der Waals surface area contributed by atoms with Crippen molar-refractivity contribution in [3.05, 3.63) is 74.4 Å². The number of halogens is 2. The summed E-state index contributed by atoms with van der Waals surface area (Å²) >= 11 is 11.0. The van der Waals surface area contributed by atoms with Gasteiger partial charge in [0.1, 0.15) is 11.8 Å². The molecular formula is C21H18BrClN4O2S. The number of phenols is 1. The number of hydrogen-bond donors (Lipinski definition) is 2. The molecule has 3 aromatic rings. The zero-order valence-electron chi connectivity index (χ0n) is 16.2. The van der Waals surface area contributed by atoms with Crippen LogP contribution in [0.1, 0.15) is 31.0 Å². The van der Waals surface area contributed by atoms with Gasteiger partial charge in [0.15, 0.2) is 5.78 Å². The van der Waals surface area contributed by atoms with Crippen molar-refractivity contribution < 1.29 is 9.90 Å². The average molecular weight is 506 g/mol. The van der Waals surface area contributed by atoms with Crippen molar-refractivity contribution in [2.24, 2.45) is 0 Å². The number of thioether (sulfide) groups is 1. The molecule has 1 unspecified atom stereocenters. The fraction of sp³-hybridized carbons (Fsp3) is 0.190. The fourth-order valence-corrected chi connectivity index (χ4v) is 4.78. The Bertz CT molecular complexity index is 1180. The molecule has 0 saturated carbocycles. The maximum absolute atomic E-state index is 12.5. The van der Waals surface area contributed by atoms with Gasteiger partial charge in [-0.05, 0) is 59.1 Å². The molecule has 0 bridgehead atoms. The number of aromatic nitrogens is 3. The number of fused-ring (bicyclic) bond motifs is 1. The summed E-state index contributed by atoms with van der Waals surface area (Å²) in [5.74, 6) is 1.20. The van der Waals surface area contributed by atoms with Crippen molar-refractivity contribution in [3.63, 3.8) is 0 Å². The van der Waals surface area contributed by atoms with Gasteiger partial charge in [-0.25, -0.2) is 4.68 Å². The van der Waals surface area contributed by atoms with Crippen molar-refractivity contribution >= 4 is 51.0 Å². The van der Waals surface area contributed by atoms with Crippen molar-refractivity contribution in [2.45, 2.75) is 30.8 Å². The van der Waals surface area contributed by atoms with Crippen LogP contribution in [0.3, 0.4) is 0 Å². The average Bonchev–Trinajstić information content (AvgIpc) is 3.10. The van der Waals surface area contributed by atoms with Crippen LogP contribution in [0.15, 0.2) is 63.4 Å². The minimum Gasteiger partial charge on any atom is -0.507 e. The van der Waals surface area contributed by atoms with Gasteiger partial charge in [-0.2, -0.15) is 4.98 Å². The monoisotopic (exact) mass is 504 g/mol. The third-order valence-corrected chi connectivity index (χ3v) is 6.74. The number of anilines is 1. The molecule has 1 aliphatic rings. The summed E-state index contributed by atoms with van der Waals surface area (Å²) in [7, 11) is 0. The Balaban J connectivity index is 1.72. The summed E-state index contributed by atoms with van der Waals surface area (Å²) in [6.07, 6.45) is 0. The zero-order valence-corrected chi connectivity index (χ0v) is 19.3. The summed E-state index contributed by atoms with van der Waals surface area (Å²) in [6, 6.07) is 12.4. The molecule has 0 radical (unpaired) electrons. The number of allylic oxidation sites excluding steroid dienone is 2. The van der Waals surface area contributed by atoms with Crippen LogP contribution < -0.4 is 5.32 Å². The van der Waals surface area contributed by atoms with E-state index in [1.54, 1.807) is 16.8 Å². The van der Waals surface area contributed by atoms with Crippen molar-refractivity contribution in [3.8, 4) is 5.75 Å². The molecule has 0 amide bonds. The summed E-state index contributed by atoms with van der Waals surface area (Å²) in [5.41, 5.74) is 3.04. The number of Topliss-reactive ketones (excluding diaryl/α,β-unsaturated/α-hetero) is 1. The molecule has 6 nitrogen and oxygen atoms in total. The van der Waals surface area contributed by atoms with E-state index >= 15 is 0 Å². The Labute approximate surface area is 191 Å². The van der Waals surface area contributed by atoms with E-state index in [0.717, 1.165) is 16.8 Å². The van der Waals surface area contributed by atoms with Crippen molar-refractivity contribution in [1.29, 1.82) is 0 Å².